The van der Waals surface area contributed by atoms with Gasteiger partial charge in [0.1, 0.15) is 11.3 Å². The first-order chi connectivity index (χ1) is 9.11. The van der Waals surface area contributed by atoms with Gasteiger partial charge in [0, 0.05) is 6.04 Å². The SMILES string of the molecule is CC[C@H](C)NC(=O)c1ccc(-c2ccco2)[nH]c1=O. The second-order valence-corrected chi connectivity index (χ2v) is 4.37. The van der Waals surface area contributed by atoms with Crippen LogP contribution in [0.25, 0.3) is 11.5 Å². The van der Waals surface area contributed by atoms with E-state index < -0.39 is 5.56 Å². The number of pyridine rings is 1. The number of carbonyl (C=O) groups is 1. The zero-order valence-corrected chi connectivity index (χ0v) is 10.9. The second kappa shape index (κ2) is 5.56. The Bertz CT molecular complexity index is 614. The lowest BCUT2D eigenvalue weighted by atomic mass is 10.2. The summed E-state index contributed by atoms with van der Waals surface area (Å²) in [6.07, 6.45) is 2.34. The highest BCUT2D eigenvalue weighted by Crippen LogP contribution is 2.15. The third kappa shape index (κ3) is 2.93. The molecular weight excluding hydrogens is 244 g/mol. The van der Waals surface area contributed by atoms with Crippen LogP contribution >= 0.6 is 0 Å². The van der Waals surface area contributed by atoms with Crippen molar-refractivity contribution in [2.45, 2.75) is 26.3 Å². The highest BCUT2D eigenvalue weighted by molar-refractivity contribution is 5.94. The first-order valence-corrected chi connectivity index (χ1v) is 6.20. The number of hydrogen-bond donors (Lipinski definition) is 2. The summed E-state index contributed by atoms with van der Waals surface area (Å²) in [5.41, 5.74) is 0.236. The van der Waals surface area contributed by atoms with E-state index in [1.165, 1.54) is 12.3 Å². The maximum atomic E-state index is 11.9. The van der Waals surface area contributed by atoms with Gasteiger partial charge in [0.05, 0.1) is 12.0 Å². The fraction of sp³-hybridized carbons (Fsp3) is 0.286. The molecule has 0 aliphatic heterocycles. The summed E-state index contributed by atoms with van der Waals surface area (Å²) in [4.78, 5) is 26.4. The summed E-state index contributed by atoms with van der Waals surface area (Å²) in [6.45, 7) is 3.86. The molecule has 2 aromatic heterocycles. The van der Waals surface area contributed by atoms with Crippen molar-refractivity contribution in [3.05, 3.63) is 46.4 Å². The maximum absolute atomic E-state index is 11.9. The summed E-state index contributed by atoms with van der Waals surface area (Å²) in [5.74, 6) is 0.201. The highest BCUT2D eigenvalue weighted by Gasteiger charge is 2.13. The van der Waals surface area contributed by atoms with Crippen LogP contribution in [-0.4, -0.2) is 16.9 Å². The Morgan fingerprint density at radius 1 is 1.42 bits per heavy atom. The molecule has 1 amide bonds. The minimum atomic E-state index is -0.422. The molecule has 100 valence electrons. The standard InChI is InChI=1S/C14H16N2O3/c1-3-9(2)15-13(17)10-6-7-11(16-14(10)18)12-5-4-8-19-12/h4-9H,3H2,1-2H3,(H,15,17)(H,16,18)/t9-/m0/s1. The van der Waals surface area contributed by atoms with Gasteiger partial charge in [-0.3, -0.25) is 9.59 Å². The number of rotatable bonds is 4. The highest BCUT2D eigenvalue weighted by atomic mass is 16.3. The Kier molecular flexibility index (Phi) is 3.85. The van der Waals surface area contributed by atoms with E-state index in [-0.39, 0.29) is 17.5 Å². The van der Waals surface area contributed by atoms with E-state index in [0.29, 0.717) is 11.5 Å². The third-order valence-corrected chi connectivity index (χ3v) is 2.93. The molecule has 0 aliphatic carbocycles. The van der Waals surface area contributed by atoms with E-state index in [1.807, 2.05) is 13.8 Å². The van der Waals surface area contributed by atoms with Gasteiger partial charge in [-0.25, -0.2) is 0 Å². The predicted molar refractivity (Wildman–Crippen MR) is 72.0 cm³/mol. The van der Waals surface area contributed by atoms with Gasteiger partial charge >= 0.3 is 0 Å². The Hall–Kier alpha value is -2.30. The lowest BCUT2D eigenvalue weighted by Gasteiger charge is -2.10. The third-order valence-electron chi connectivity index (χ3n) is 2.93. The largest absolute Gasteiger partial charge is 0.463 e. The van der Waals surface area contributed by atoms with Gasteiger partial charge in [-0.05, 0) is 37.6 Å². The second-order valence-electron chi connectivity index (χ2n) is 4.37. The number of H-pyrrole nitrogens is 1. The molecule has 0 fully saturated rings. The zero-order chi connectivity index (χ0) is 13.8. The predicted octanol–water partition coefficient (Wildman–Crippen LogP) is 2.16. The van der Waals surface area contributed by atoms with E-state index in [2.05, 4.69) is 10.3 Å². The summed E-state index contributed by atoms with van der Waals surface area (Å²) in [7, 11) is 0. The molecule has 2 heterocycles. The minimum Gasteiger partial charge on any atom is -0.463 e. The number of furan rings is 1. The van der Waals surface area contributed by atoms with Crippen molar-refractivity contribution in [2.24, 2.45) is 0 Å². The normalized spacial score (nSPS) is 12.1. The van der Waals surface area contributed by atoms with Crippen molar-refractivity contribution in [1.29, 1.82) is 0 Å². The summed E-state index contributed by atoms with van der Waals surface area (Å²) < 4.78 is 5.19. The molecule has 0 aromatic carbocycles. The average molecular weight is 260 g/mol. The van der Waals surface area contributed by atoms with E-state index in [9.17, 15) is 9.59 Å². The Morgan fingerprint density at radius 3 is 2.79 bits per heavy atom. The van der Waals surface area contributed by atoms with Crippen molar-refractivity contribution in [3.8, 4) is 11.5 Å². The summed E-state index contributed by atoms with van der Waals surface area (Å²) in [6, 6.07) is 6.68. The molecular formula is C14H16N2O3. The number of hydrogen-bond acceptors (Lipinski definition) is 3. The van der Waals surface area contributed by atoms with Gasteiger partial charge in [-0.15, -0.1) is 0 Å². The van der Waals surface area contributed by atoms with Crippen molar-refractivity contribution >= 4 is 5.91 Å². The molecule has 2 aromatic rings. The van der Waals surface area contributed by atoms with Crippen molar-refractivity contribution in [1.82, 2.24) is 10.3 Å². The fourth-order valence-corrected chi connectivity index (χ4v) is 1.63. The molecule has 2 rings (SSSR count). The first kappa shape index (κ1) is 13.1. The number of aromatic nitrogens is 1. The van der Waals surface area contributed by atoms with Gasteiger partial charge in [-0.1, -0.05) is 6.92 Å². The van der Waals surface area contributed by atoms with E-state index in [4.69, 9.17) is 4.42 Å². The van der Waals surface area contributed by atoms with Crippen LogP contribution in [0.2, 0.25) is 0 Å². The molecule has 2 N–H and O–H groups in total. The quantitative estimate of drug-likeness (QED) is 0.884. The van der Waals surface area contributed by atoms with Crippen LogP contribution in [-0.2, 0) is 0 Å². The smallest absolute Gasteiger partial charge is 0.261 e. The number of amides is 1. The van der Waals surface area contributed by atoms with E-state index >= 15 is 0 Å². The monoisotopic (exact) mass is 260 g/mol. The van der Waals surface area contributed by atoms with Gasteiger partial charge in [-0.2, -0.15) is 0 Å². The Morgan fingerprint density at radius 2 is 2.21 bits per heavy atom. The summed E-state index contributed by atoms with van der Waals surface area (Å²) >= 11 is 0. The number of nitrogens with one attached hydrogen (secondary N) is 2. The lowest BCUT2D eigenvalue weighted by Crippen LogP contribution is -2.35. The first-order valence-electron chi connectivity index (χ1n) is 6.20. The maximum Gasteiger partial charge on any atom is 0.261 e. The topological polar surface area (TPSA) is 75.1 Å². The van der Waals surface area contributed by atoms with Crippen LogP contribution in [0.3, 0.4) is 0 Å². The molecule has 19 heavy (non-hydrogen) atoms. The average Bonchev–Trinajstić information content (AvgIpc) is 2.92. The molecule has 0 saturated carbocycles. The minimum absolute atomic E-state index is 0.0386. The molecule has 0 radical (unpaired) electrons. The molecule has 0 spiro atoms. The zero-order valence-electron chi connectivity index (χ0n) is 10.9. The van der Waals surface area contributed by atoms with Crippen LogP contribution in [0.5, 0.6) is 0 Å². The molecule has 0 saturated heterocycles. The Labute approximate surface area is 110 Å². The van der Waals surface area contributed by atoms with Crippen LogP contribution in [0, 0.1) is 0 Å². The molecule has 0 unspecified atom stereocenters. The molecule has 1 atom stereocenters. The fourth-order valence-electron chi connectivity index (χ4n) is 1.63. The van der Waals surface area contributed by atoms with Crippen LogP contribution in [0.1, 0.15) is 30.6 Å². The van der Waals surface area contributed by atoms with Crippen molar-refractivity contribution < 1.29 is 9.21 Å². The van der Waals surface area contributed by atoms with Crippen LogP contribution < -0.4 is 10.9 Å². The van der Waals surface area contributed by atoms with E-state index in [1.54, 1.807) is 18.2 Å². The van der Waals surface area contributed by atoms with Crippen molar-refractivity contribution in [2.75, 3.05) is 0 Å². The summed E-state index contributed by atoms with van der Waals surface area (Å²) in [5, 5.41) is 2.76. The van der Waals surface area contributed by atoms with Gasteiger partial charge < -0.3 is 14.7 Å². The lowest BCUT2D eigenvalue weighted by molar-refractivity contribution is 0.0938. The molecule has 0 aliphatic rings. The molecule has 5 nitrogen and oxygen atoms in total. The van der Waals surface area contributed by atoms with Crippen LogP contribution in [0.15, 0.2) is 39.7 Å². The van der Waals surface area contributed by atoms with Crippen LogP contribution in [0.4, 0.5) is 0 Å². The van der Waals surface area contributed by atoms with Gasteiger partial charge in [0.2, 0.25) is 0 Å². The van der Waals surface area contributed by atoms with E-state index in [0.717, 1.165) is 6.42 Å². The Balaban J connectivity index is 2.25. The van der Waals surface area contributed by atoms with Gasteiger partial charge in [0.25, 0.3) is 11.5 Å². The number of aromatic amines is 1. The number of carbonyl (C=O) groups excluding carboxylic acids is 1. The molecule has 5 heteroatoms. The van der Waals surface area contributed by atoms with Crippen molar-refractivity contribution in [3.63, 3.8) is 0 Å². The molecule has 0 bridgehead atoms. The van der Waals surface area contributed by atoms with Gasteiger partial charge in [0.15, 0.2) is 0 Å².